The fourth-order valence-corrected chi connectivity index (χ4v) is 1.19. The van der Waals surface area contributed by atoms with Crippen LogP contribution in [0.5, 0.6) is 0 Å². The van der Waals surface area contributed by atoms with E-state index in [9.17, 15) is 9.59 Å². The molecule has 0 unspecified atom stereocenters. The zero-order valence-electron chi connectivity index (χ0n) is 8.16. The summed E-state index contributed by atoms with van der Waals surface area (Å²) < 4.78 is 0. The molecule has 1 saturated heterocycles. The Morgan fingerprint density at radius 2 is 2.36 bits per heavy atom. The lowest BCUT2D eigenvalue weighted by Gasteiger charge is -2.14. The summed E-state index contributed by atoms with van der Waals surface area (Å²) in [5, 5.41) is 1.11. The van der Waals surface area contributed by atoms with Gasteiger partial charge in [0.05, 0.1) is 12.1 Å². The Kier molecular flexibility index (Phi) is 3.45. The minimum absolute atomic E-state index is 0.141. The summed E-state index contributed by atoms with van der Waals surface area (Å²) in [4.78, 5) is 27.3. The average molecular weight is 195 g/mol. The van der Waals surface area contributed by atoms with Gasteiger partial charge < -0.3 is 4.84 Å². The Morgan fingerprint density at radius 1 is 1.64 bits per heavy atom. The molecule has 14 heavy (non-hydrogen) atoms. The number of hydroxylamine groups is 2. The van der Waals surface area contributed by atoms with Crippen LogP contribution >= 0.6 is 0 Å². The lowest BCUT2D eigenvalue weighted by Crippen LogP contribution is -2.28. The van der Waals surface area contributed by atoms with Crippen LogP contribution < -0.4 is 0 Å². The first kappa shape index (κ1) is 10.5. The first-order chi connectivity index (χ1) is 6.69. The van der Waals surface area contributed by atoms with E-state index in [4.69, 9.17) is 4.84 Å². The summed E-state index contributed by atoms with van der Waals surface area (Å²) in [5.74, 6) is -0.671. The first-order valence-corrected chi connectivity index (χ1v) is 4.50. The van der Waals surface area contributed by atoms with E-state index in [1.807, 2.05) is 0 Å². The minimum Gasteiger partial charge on any atom is -0.333 e. The van der Waals surface area contributed by atoms with Crippen molar-refractivity contribution in [2.45, 2.75) is 19.8 Å². The summed E-state index contributed by atoms with van der Waals surface area (Å²) in [6.45, 7) is 5.67. The molecule has 0 aromatic heterocycles. The summed E-state index contributed by atoms with van der Waals surface area (Å²) in [6, 6.07) is 0. The summed E-state index contributed by atoms with van der Waals surface area (Å²) in [6.07, 6.45) is 4.19. The van der Waals surface area contributed by atoms with E-state index in [0.29, 0.717) is 18.5 Å². The van der Waals surface area contributed by atoms with Gasteiger partial charge in [-0.05, 0) is 13.3 Å². The Labute approximate surface area is 82.8 Å². The second-order valence-corrected chi connectivity index (χ2v) is 2.93. The zero-order chi connectivity index (χ0) is 10.6. The van der Waals surface area contributed by atoms with Gasteiger partial charge in [-0.3, -0.25) is 4.79 Å². The van der Waals surface area contributed by atoms with Gasteiger partial charge in [-0.25, -0.2) is 4.79 Å². The predicted molar refractivity (Wildman–Crippen MR) is 51.0 cm³/mol. The van der Waals surface area contributed by atoms with Crippen LogP contribution in [0.25, 0.3) is 0 Å². The molecule has 0 saturated carbocycles. The number of allylic oxidation sites excluding steroid dienone is 1. The van der Waals surface area contributed by atoms with Crippen molar-refractivity contribution >= 4 is 11.9 Å². The van der Waals surface area contributed by atoms with E-state index in [-0.39, 0.29) is 5.91 Å². The standard InChI is InChI=1S/C10H13NO3/c1-3-8(4-2)10(13)14-11-7-5-6-9(11)12/h3-4H,1,5-7H2,2H3. The van der Waals surface area contributed by atoms with Crippen LogP contribution in [0.2, 0.25) is 0 Å². The molecule has 0 aliphatic carbocycles. The van der Waals surface area contributed by atoms with Crippen molar-refractivity contribution < 1.29 is 14.4 Å². The van der Waals surface area contributed by atoms with Gasteiger partial charge in [-0.1, -0.05) is 18.7 Å². The van der Waals surface area contributed by atoms with E-state index in [1.54, 1.807) is 13.0 Å². The lowest BCUT2D eigenvalue weighted by atomic mass is 10.2. The molecule has 76 valence electrons. The van der Waals surface area contributed by atoms with Crippen LogP contribution in [0.15, 0.2) is 24.3 Å². The molecule has 0 spiro atoms. The van der Waals surface area contributed by atoms with Gasteiger partial charge >= 0.3 is 5.97 Å². The van der Waals surface area contributed by atoms with E-state index >= 15 is 0 Å². The second kappa shape index (κ2) is 4.60. The highest BCUT2D eigenvalue weighted by atomic mass is 16.7. The molecule has 0 atom stereocenters. The van der Waals surface area contributed by atoms with Crippen molar-refractivity contribution in [1.29, 1.82) is 0 Å². The van der Waals surface area contributed by atoms with Crippen LogP contribution in [0.3, 0.4) is 0 Å². The topological polar surface area (TPSA) is 46.6 Å². The molecule has 4 nitrogen and oxygen atoms in total. The highest BCUT2D eigenvalue weighted by Gasteiger charge is 2.24. The van der Waals surface area contributed by atoms with Gasteiger partial charge in [0.25, 0.3) is 5.91 Å². The largest absolute Gasteiger partial charge is 0.362 e. The molecule has 0 radical (unpaired) electrons. The number of rotatable bonds is 3. The van der Waals surface area contributed by atoms with Crippen LogP contribution in [0.1, 0.15) is 19.8 Å². The van der Waals surface area contributed by atoms with E-state index < -0.39 is 5.97 Å². The lowest BCUT2D eigenvalue weighted by molar-refractivity contribution is -0.188. The molecular weight excluding hydrogens is 182 g/mol. The monoisotopic (exact) mass is 195 g/mol. The fourth-order valence-electron chi connectivity index (χ4n) is 1.19. The van der Waals surface area contributed by atoms with Crippen LogP contribution in [-0.2, 0) is 14.4 Å². The molecule has 0 aromatic rings. The van der Waals surface area contributed by atoms with Gasteiger partial charge in [-0.15, -0.1) is 0 Å². The van der Waals surface area contributed by atoms with Gasteiger partial charge in [0.1, 0.15) is 0 Å². The van der Waals surface area contributed by atoms with Gasteiger partial charge in [-0.2, -0.15) is 5.06 Å². The normalized spacial score (nSPS) is 17.1. The highest BCUT2D eigenvalue weighted by molar-refractivity contribution is 5.92. The average Bonchev–Trinajstić information content (AvgIpc) is 2.54. The molecule has 1 amide bonds. The van der Waals surface area contributed by atoms with Crippen LogP contribution in [0.4, 0.5) is 0 Å². The first-order valence-electron chi connectivity index (χ1n) is 4.50. The number of carbonyl (C=O) groups excluding carboxylic acids is 2. The summed E-state index contributed by atoms with van der Waals surface area (Å²) in [5.41, 5.74) is 0.365. The number of carbonyl (C=O) groups is 2. The Bertz CT molecular complexity index is 294. The van der Waals surface area contributed by atoms with E-state index in [1.165, 1.54) is 6.08 Å². The molecule has 1 aliphatic heterocycles. The summed E-state index contributed by atoms with van der Waals surface area (Å²) >= 11 is 0. The van der Waals surface area contributed by atoms with Crippen LogP contribution in [0, 0.1) is 0 Å². The van der Waals surface area contributed by atoms with Crippen molar-refractivity contribution in [3.8, 4) is 0 Å². The number of hydrogen-bond acceptors (Lipinski definition) is 3. The van der Waals surface area contributed by atoms with Crippen molar-refractivity contribution in [2.75, 3.05) is 6.54 Å². The van der Waals surface area contributed by atoms with Crippen molar-refractivity contribution in [2.24, 2.45) is 0 Å². The molecule has 4 heteroatoms. The van der Waals surface area contributed by atoms with Crippen molar-refractivity contribution in [3.63, 3.8) is 0 Å². The minimum atomic E-state index is -0.530. The van der Waals surface area contributed by atoms with Crippen LogP contribution in [-0.4, -0.2) is 23.5 Å². The number of nitrogens with zero attached hydrogens (tertiary/aromatic N) is 1. The molecule has 0 N–H and O–H groups in total. The summed E-state index contributed by atoms with van der Waals surface area (Å²) in [7, 11) is 0. The number of amides is 1. The Hall–Kier alpha value is -1.58. The maximum atomic E-state index is 11.4. The smallest absolute Gasteiger partial charge is 0.333 e. The second-order valence-electron chi connectivity index (χ2n) is 2.93. The number of hydrogen-bond donors (Lipinski definition) is 0. The maximum Gasteiger partial charge on any atom is 0.362 e. The molecule has 1 heterocycles. The molecule has 0 bridgehead atoms. The Morgan fingerprint density at radius 3 is 2.79 bits per heavy atom. The SMILES string of the molecule is C=CC(=CC)C(=O)ON1CCCC1=O. The molecule has 1 aliphatic rings. The third-order valence-electron chi connectivity index (χ3n) is 1.99. The van der Waals surface area contributed by atoms with Gasteiger partial charge in [0, 0.05) is 6.42 Å². The highest BCUT2D eigenvalue weighted by Crippen LogP contribution is 2.11. The fraction of sp³-hybridized carbons (Fsp3) is 0.400. The van der Waals surface area contributed by atoms with Gasteiger partial charge in [0.15, 0.2) is 0 Å². The molecule has 0 aromatic carbocycles. The molecular formula is C10H13NO3. The van der Waals surface area contributed by atoms with E-state index in [2.05, 4.69) is 6.58 Å². The van der Waals surface area contributed by atoms with Crippen molar-refractivity contribution in [1.82, 2.24) is 5.06 Å². The quantitative estimate of drug-likeness (QED) is 0.502. The zero-order valence-corrected chi connectivity index (χ0v) is 8.16. The third-order valence-corrected chi connectivity index (χ3v) is 1.99. The van der Waals surface area contributed by atoms with Gasteiger partial charge in [0.2, 0.25) is 0 Å². The molecule has 1 rings (SSSR count). The third kappa shape index (κ3) is 2.22. The maximum absolute atomic E-state index is 11.4. The molecule has 1 fully saturated rings. The Balaban J connectivity index is 2.56. The van der Waals surface area contributed by atoms with E-state index in [0.717, 1.165) is 11.5 Å². The predicted octanol–water partition coefficient (Wildman–Crippen LogP) is 1.20. The van der Waals surface area contributed by atoms with Crippen molar-refractivity contribution in [3.05, 3.63) is 24.3 Å².